The fraction of sp³-hybridized carbons (Fsp3) is 0.444. The summed E-state index contributed by atoms with van der Waals surface area (Å²) in [7, 11) is 1.22. The zero-order chi connectivity index (χ0) is 17.3. The van der Waals surface area contributed by atoms with Crippen molar-refractivity contribution in [3.63, 3.8) is 0 Å². The molecule has 2 rings (SSSR count). The fourth-order valence-electron chi connectivity index (χ4n) is 2.67. The standard InChI is InChI=1S/C18H21F2NO2/c1-17(2,3)14(16(22)23-4)11-18(19,20)13-8-5-9-15-12(13)7-6-10-21-15/h5-10,14H,11H2,1-4H3. The summed E-state index contributed by atoms with van der Waals surface area (Å²) in [6.07, 6.45) is 0.966. The van der Waals surface area contributed by atoms with E-state index in [1.807, 2.05) is 0 Å². The van der Waals surface area contributed by atoms with Crippen LogP contribution in [0.1, 0.15) is 32.8 Å². The molecule has 124 valence electrons. The summed E-state index contributed by atoms with van der Waals surface area (Å²) in [6.45, 7) is 5.28. The van der Waals surface area contributed by atoms with E-state index >= 15 is 0 Å². The number of halogens is 2. The zero-order valence-electron chi connectivity index (χ0n) is 13.8. The van der Waals surface area contributed by atoms with Crippen molar-refractivity contribution in [1.82, 2.24) is 4.98 Å². The van der Waals surface area contributed by atoms with E-state index < -0.39 is 29.6 Å². The van der Waals surface area contributed by atoms with Gasteiger partial charge in [0.25, 0.3) is 5.92 Å². The average molecular weight is 321 g/mol. The van der Waals surface area contributed by atoms with E-state index in [0.29, 0.717) is 10.9 Å². The Morgan fingerprint density at radius 2 is 1.91 bits per heavy atom. The molecular formula is C18H21F2NO2. The van der Waals surface area contributed by atoms with E-state index in [9.17, 15) is 13.6 Å². The van der Waals surface area contributed by atoms with Crippen LogP contribution in [0.2, 0.25) is 0 Å². The highest BCUT2D eigenvalue weighted by Crippen LogP contribution is 2.43. The highest BCUT2D eigenvalue weighted by Gasteiger charge is 2.43. The van der Waals surface area contributed by atoms with Crippen LogP contribution in [0, 0.1) is 11.3 Å². The molecule has 5 heteroatoms. The monoisotopic (exact) mass is 321 g/mol. The molecule has 0 radical (unpaired) electrons. The molecule has 1 heterocycles. The van der Waals surface area contributed by atoms with Gasteiger partial charge in [0.05, 0.1) is 18.5 Å². The predicted molar refractivity (Wildman–Crippen MR) is 85.2 cm³/mol. The molecule has 0 aliphatic carbocycles. The topological polar surface area (TPSA) is 39.2 Å². The van der Waals surface area contributed by atoms with Crippen molar-refractivity contribution < 1.29 is 18.3 Å². The normalized spacial score (nSPS) is 13.8. The molecule has 0 aliphatic rings. The summed E-state index contributed by atoms with van der Waals surface area (Å²) in [4.78, 5) is 16.1. The van der Waals surface area contributed by atoms with E-state index in [0.717, 1.165) is 0 Å². The molecule has 0 spiro atoms. The quantitative estimate of drug-likeness (QED) is 0.775. The number of methoxy groups -OCH3 is 1. The van der Waals surface area contributed by atoms with E-state index in [1.54, 1.807) is 51.2 Å². The third kappa shape index (κ3) is 3.66. The third-order valence-corrected chi connectivity index (χ3v) is 4.03. The molecular weight excluding hydrogens is 300 g/mol. The minimum absolute atomic E-state index is 0.110. The van der Waals surface area contributed by atoms with Gasteiger partial charge in [-0.3, -0.25) is 9.78 Å². The number of carbonyl (C=O) groups excluding carboxylic acids is 1. The molecule has 0 aliphatic heterocycles. The van der Waals surface area contributed by atoms with Crippen LogP contribution in [0.4, 0.5) is 8.78 Å². The number of hydrogen-bond acceptors (Lipinski definition) is 3. The molecule has 0 amide bonds. The van der Waals surface area contributed by atoms with Gasteiger partial charge in [0.1, 0.15) is 0 Å². The van der Waals surface area contributed by atoms with E-state index in [-0.39, 0.29) is 5.56 Å². The molecule has 0 saturated heterocycles. The number of esters is 1. The maximum Gasteiger partial charge on any atom is 0.309 e. The number of alkyl halides is 2. The molecule has 1 unspecified atom stereocenters. The number of ether oxygens (including phenoxy) is 1. The lowest BCUT2D eigenvalue weighted by atomic mass is 9.76. The fourth-order valence-corrected chi connectivity index (χ4v) is 2.67. The molecule has 1 atom stereocenters. The molecule has 0 bridgehead atoms. The van der Waals surface area contributed by atoms with Gasteiger partial charge >= 0.3 is 5.97 Å². The first kappa shape index (κ1) is 17.3. The van der Waals surface area contributed by atoms with Gasteiger partial charge in [0, 0.05) is 23.6 Å². The van der Waals surface area contributed by atoms with Crippen LogP contribution in [0.25, 0.3) is 10.9 Å². The summed E-state index contributed by atoms with van der Waals surface area (Å²) < 4.78 is 34.6. The predicted octanol–water partition coefficient (Wildman–Crippen LogP) is 4.55. The maximum atomic E-state index is 14.9. The first-order valence-electron chi connectivity index (χ1n) is 7.46. The van der Waals surface area contributed by atoms with Crippen LogP contribution >= 0.6 is 0 Å². The highest BCUT2D eigenvalue weighted by atomic mass is 19.3. The Balaban J connectivity index is 2.45. The Morgan fingerprint density at radius 1 is 1.22 bits per heavy atom. The summed E-state index contributed by atoms with van der Waals surface area (Å²) in [5, 5.41) is 0.400. The summed E-state index contributed by atoms with van der Waals surface area (Å²) in [5.41, 5.74) is -0.226. The van der Waals surface area contributed by atoms with Crippen LogP contribution in [-0.2, 0) is 15.5 Å². The number of aromatic nitrogens is 1. The van der Waals surface area contributed by atoms with Gasteiger partial charge < -0.3 is 4.74 Å². The number of nitrogens with zero attached hydrogens (tertiary/aromatic N) is 1. The lowest BCUT2D eigenvalue weighted by Gasteiger charge is -2.31. The molecule has 0 N–H and O–H groups in total. The van der Waals surface area contributed by atoms with Crippen molar-refractivity contribution in [2.75, 3.05) is 7.11 Å². The van der Waals surface area contributed by atoms with Gasteiger partial charge in [-0.1, -0.05) is 39.0 Å². The van der Waals surface area contributed by atoms with Gasteiger partial charge in [-0.2, -0.15) is 0 Å². The number of fused-ring (bicyclic) bond motifs is 1. The van der Waals surface area contributed by atoms with Crippen molar-refractivity contribution in [1.29, 1.82) is 0 Å². The third-order valence-electron chi connectivity index (χ3n) is 4.03. The lowest BCUT2D eigenvalue weighted by molar-refractivity contribution is -0.154. The molecule has 23 heavy (non-hydrogen) atoms. The SMILES string of the molecule is COC(=O)C(CC(F)(F)c1cccc2ncccc12)C(C)(C)C. The van der Waals surface area contributed by atoms with Crippen molar-refractivity contribution >= 4 is 16.9 Å². The Bertz CT molecular complexity index is 702. The molecule has 2 aromatic rings. The Kier molecular flexibility index (Phi) is 4.68. The number of hydrogen-bond donors (Lipinski definition) is 0. The van der Waals surface area contributed by atoms with Crippen LogP contribution in [-0.4, -0.2) is 18.1 Å². The summed E-state index contributed by atoms with van der Waals surface area (Å²) >= 11 is 0. The van der Waals surface area contributed by atoms with Crippen LogP contribution in [0.15, 0.2) is 36.5 Å². The number of pyridine rings is 1. The summed E-state index contributed by atoms with van der Waals surface area (Å²) in [5.74, 6) is -4.68. The van der Waals surface area contributed by atoms with Gasteiger partial charge in [-0.05, 0) is 17.5 Å². The number of carbonyl (C=O) groups is 1. The maximum absolute atomic E-state index is 14.9. The minimum atomic E-state index is -3.16. The molecule has 0 saturated carbocycles. The average Bonchev–Trinajstić information content (AvgIpc) is 2.50. The van der Waals surface area contributed by atoms with Gasteiger partial charge in [0.2, 0.25) is 0 Å². The first-order valence-corrected chi connectivity index (χ1v) is 7.46. The first-order chi connectivity index (χ1) is 10.7. The van der Waals surface area contributed by atoms with Crippen molar-refractivity contribution in [3.05, 3.63) is 42.1 Å². The van der Waals surface area contributed by atoms with Crippen LogP contribution in [0.3, 0.4) is 0 Å². The molecule has 3 nitrogen and oxygen atoms in total. The molecule has 1 aromatic carbocycles. The van der Waals surface area contributed by atoms with Crippen molar-refractivity contribution in [2.24, 2.45) is 11.3 Å². The van der Waals surface area contributed by atoms with Gasteiger partial charge in [0.15, 0.2) is 0 Å². The Labute approximate surface area is 134 Å². The minimum Gasteiger partial charge on any atom is -0.469 e. The van der Waals surface area contributed by atoms with Crippen molar-refractivity contribution in [2.45, 2.75) is 33.1 Å². The Morgan fingerprint density at radius 3 is 2.52 bits per heavy atom. The second kappa shape index (κ2) is 6.22. The van der Waals surface area contributed by atoms with Gasteiger partial charge in [-0.15, -0.1) is 0 Å². The van der Waals surface area contributed by atoms with Crippen LogP contribution < -0.4 is 0 Å². The summed E-state index contributed by atoms with van der Waals surface area (Å²) in [6, 6.07) is 7.89. The van der Waals surface area contributed by atoms with Crippen LogP contribution in [0.5, 0.6) is 0 Å². The lowest BCUT2D eigenvalue weighted by Crippen LogP contribution is -2.34. The molecule has 0 fully saturated rings. The second-order valence-electron chi connectivity index (χ2n) is 6.73. The zero-order valence-corrected chi connectivity index (χ0v) is 13.8. The number of rotatable bonds is 4. The van der Waals surface area contributed by atoms with Gasteiger partial charge in [-0.25, -0.2) is 8.78 Å². The van der Waals surface area contributed by atoms with E-state index in [4.69, 9.17) is 4.74 Å². The highest BCUT2D eigenvalue weighted by molar-refractivity contribution is 5.83. The van der Waals surface area contributed by atoms with E-state index in [1.165, 1.54) is 13.2 Å². The largest absolute Gasteiger partial charge is 0.469 e. The molecule has 1 aromatic heterocycles. The second-order valence-corrected chi connectivity index (χ2v) is 6.73. The van der Waals surface area contributed by atoms with E-state index in [2.05, 4.69) is 4.98 Å². The Hall–Kier alpha value is -2.04. The number of benzene rings is 1. The van der Waals surface area contributed by atoms with Crippen molar-refractivity contribution in [3.8, 4) is 0 Å². The smallest absolute Gasteiger partial charge is 0.309 e.